The van der Waals surface area contributed by atoms with Crippen LogP contribution in [-0.2, 0) is 14.6 Å². The Bertz CT molecular complexity index is 409. The highest BCUT2D eigenvalue weighted by Crippen LogP contribution is 2.14. The van der Waals surface area contributed by atoms with Crippen LogP contribution in [0.3, 0.4) is 0 Å². The third-order valence-electron chi connectivity index (χ3n) is 3.94. The zero-order valence-corrected chi connectivity index (χ0v) is 15.5. The van der Waals surface area contributed by atoms with E-state index in [1.807, 2.05) is 13.8 Å². The zero-order chi connectivity index (χ0) is 15.7. The summed E-state index contributed by atoms with van der Waals surface area (Å²) in [5.74, 6) is -0.389. The number of sulfone groups is 1. The highest BCUT2D eigenvalue weighted by Gasteiger charge is 2.27. The molecular weight excluding hydrogens is 324 g/mol. The van der Waals surface area contributed by atoms with Crippen molar-refractivity contribution >= 4 is 28.2 Å². The van der Waals surface area contributed by atoms with Crippen LogP contribution in [0.2, 0.25) is 0 Å². The number of halogens is 1. The van der Waals surface area contributed by atoms with Gasteiger partial charge in [0.15, 0.2) is 9.84 Å². The quantitative estimate of drug-likeness (QED) is 0.643. The number of carbonyl (C=O) groups is 1. The molecule has 0 aromatic rings. The molecular formula is C15H31ClN2O3S. The average Bonchev–Trinajstić information content (AvgIpc) is 2.45. The second-order valence-corrected chi connectivity index (χ2v) is 8.05. The van der Waals surface area contributed by atoms with E-state index in [1.165, 1.54) is 0 Å². The largest absolute Gasteiger partial charge is 0.339 e. The number of amides is 1. The minimum Gasteiger partial charge on any atom is -0.339 e. The molecule has 0 aromatic carbocycles. The molecule has 0 unspecified atom stereocenters. The van der Waals surface area contributed by atoms with Crippen LogP contribution in [0.25, 0.3) is 0 Å². The summed E-state index contributed by atoms with van der Waals surface area (Å²) in [6.45, 7) is 6.53. The molecule has 0 spiro atoms. The maximum Gasteiger partial charge on any atom is 0.238 e. The fourth-order valence-electron chi connectivity index (χ4n) is 2.79. The first-order chi connectivity index (χ1) is 10.00. The second kappa shape index (κ2) is 11.2. The van der Waals surface area contributed by atoms with E-state index in [4.69, 9.17) is 0 Å². The summed E-state index contributed by atoms with van der Waals surface area (Å²) in [5.41, 5.74) is 0. The number of hydrogen-bond acceptors (Lipinski definition) is 4. The third kappa shape index (κ3) is 7.79. The Balaban J connectivity index is 0.00000441. The van der Waals surface area contributed by atoms with Crippen LogP contribution >= 0.6 is 12.4 Å². The first-order valence-corrected chi connectivity index (χ1v) is 10.0. The number of hydrogen-bond donors (Lipinski definition) is 1. The molecule has 1 N–H and O–H groups in total. The van der Waals surface area contributed by atoms with Crippen LogP contribution in [0.1, 0.15) is 52.4 Å². The van der Waals surface area contributed by atoms with Crippen molar-refractivity contribution in [3.8, 4) is 0 Å². The van der Waals surface area contributed by atoms with E-state index in [0.717, 1.165) is 45.2 Å². The molecule has 1 rings (SSSR count). The second-order valence-electron chi connectivity index (χ2n) is 5.87. The first kappa shape index (κ1) is 21.7. The topological polar surface area (TPSA) is 66.5 Å². The lowest BCUT2D eigenvalue weighted by atomic mass is 10.0. The molecule has 1 aliphatic rings. The lowest BCUT2D eigenvalue weighted by Crippen LogP contribution is -2.48. The Labute approximate surface area is 141 Å². The molecule has 0 aliphatic carbocycles. The molecule has 7 heteroatoms. The van der Waals surface area contributed by atoms with Crippen LogP contribution in [0.15, 0.2) is 0 Å². The summed E-state index contributed by atoms with van der Waals surface area (Å²) in [5, 5.41) is 3.28. The van der Waals surface area contributed by atoms with Crippen LogP contribution in [0.5, 0.6) is 0 Å². The average molecular weight is 355 g/mol. The van der Waals surface area contributed by atoms with Crippen molar-refractivity contribution in [1.82, 2.24) is 10.2 Å². The Hall–Kier alpha value is -0.330. The SMILES string of the molecule is CCCCCS(=O)(=O)CC(=O)N(CCC)C1CCNCC1.Cl. The maximum atomic E-state index is 12.4. The molecule has 22 heavy (non-hydrogen) atoms. The molecule has 1 heterocycles. The molecule has 1 amide bonds. The van der Waals surface area contributed by atoms with Crippen LogP contribution < -0.4 is 5.32 Å². The standard InChI is InChI=1S/C15H30N2O3S.ClH/c1-3-5-6-12-21(19,20)13-15(18)17(11-4-2)14-7-9-16-10-8-14;/h14,16H,3-13H2,1-2H3;1H. The van der Waals surface area contributed by atoms with Crippen LogP contribution in [-0.4, -0.2) is 56.4 Å². The fourth-order valence-corrected chi connectivity index (χ4v) is 4.12. The summed E-state index contributed by atoms with van der Waals surface area (Å²) in [4.78, 5) is 14.2. The molecule has 0 saturated carbocycles. The van der Waals surface area contributed by atoms with Gasteiger partial charge >= 0.3 is 0 Å². The third-order valence-corrected chi connectivity index (χ3v) is 5.53. The summed E-state index contributed by atoms with van der Waals surface area (Å²) < 4.78 is 24.1. The van der Waals surface area contributed by atoms with E-state index < -0.39 is 9.84 Å². The van der Waals surface area contributed by atoms with Crippen molar-refractivity contribution in [3.05, 3.63) is 0 Å². The molecule has 0 atom stereocenters. The summed E-state index contributed by atoms with van der Waals surface area (Å²) in [6.07, 6.45) is 5.25. The zero-order valence-electron chi connectivity index (χ0n) is 13.8. The van der Waals surface area contributed by atoms with Crippen molar-refractivity contribution in [2.75, 3.05) is 31.1 Å². The summed E-state index contributed by atoms with van der Waals surface area (Å²) in [6, 6.07) is 0.199. The predicted octanol–water partition coefficient (Wildman–Crippen LogP) is 2.00. The highest BCUT2D eigenvalue weighted by molar-refractivity contribution is 7.92. The van der Waals surface area contributed by atoms with Gasteiger partial charge in [-0.3, -0.25) is 4.79 Å². The van der Waals surface area contributed by atoms with E-state index in [9.17, 15) is 13.2 Å². The van der Waals surface area contributed by atoms with Gasteiger partial charge in [0.25, 0.3) is 0 Å². The predicted molar refractivity (Wildman–Crippen MR) is 93.3 cm³/mol. The van der Waals surface area contributed by atoms with Crippen molar-refractivity contribution in [2.45, 2.75) is 58.4 Å². The van der Waals surface area contributed by atoms with Crippen LogP contribution in [0.4, 0.5) is 0 Å². The molecule has 1 aliphatic heterocycles. The number of nitrogens with zero attached hydrogens (tertiary/aromatic N) is 1. The smallest absolute Gasteiger partial charge is 0.238 e. The minimum absolute atomic E-state index is 0. The maximum absolute atomic E-state index is 12.4. The van der Waals surface area contributed by atoms with Gasteiger partial charge in [0.05, 0.1) is 5.75 Å². The van der Waals surface area contributed by atoms with E-state index in [1.54, 1.807) is 4.90 Å². The van der Waals surface area contributed by atoms with Crippen molar-refractivity contribution < 1.29 is 13.2 Å². The number of carbonyl (C=O) groups excluding carboxylic acids is 1. The van der Waals surface area contributed by atoms with Gasteiger partial charge in [-0.05, 0) is 38.8 Å². The molecule has 132 valence electrons. The highest BCUT2D eigenvalue weighted by atomic mass is 35.5. The van der Waals surface area contributed by atoms with Crippen molar-refractivity contribution in [2.24, 2.45) is 0 Å². The Morgan fingerprint density at radius 3 is 2.32 bits per heavy atom. The lowest BCUT2D eigenvalue weighted by molar-refractivity contribution is -0.131. The fraction of sp³-hybridized carbons (Fsp3) is 0.933. The van der Waals surface area contributed by atoms with E-state index in [2.05, 4.69) is 5.32 Å². The Kier molecular flexibility index (Phi) is 11.1. The summed E-state index contributed by atoms with van der Waals surface area (Å²) >= 11 is 0. The number of piperidine rings is 1. The number of rotatable bonds is 9. The molecule has 0 aromatic heterocycles. The molecule has 0 bridgehead atoms. The molecule has 1 saturated heterocycles. The van der Waals surface area contributed by atoms with Gasteiger partial charge in [-0.25, -0.2) is 8.42 Å². The van der Waals surface area contributed by atoms with Gasteiger partial charge < -0.3 is 10.2 Å². The van der Waals surface area contributed by atoms with Crippen molar-refractivity contribution in [1.29, 1.82) is 0 Å². The Morgan fingerprint density at radius 1 is 1.14 bits per heavy atom. The minimum atomic E-state index is -3.26. The van der Waals surface area contributed by atoms with E-state index in [-0.39, 0.29) is 35.9 Å². The van der Waals surface area contributed by atoms with Crippen molar-refractivity contribution in [3.63, 3.8) is 0 Å². The summed E-state index contributed by atoms with van der Waals surface area (Å²) in [7, 11) is -3.26. The first-order valence-electron chi connectivity index (χ1n) is 8.20. The van der Waals surface area contributed by atoms with Gasteiger partial charge in [0.1, 0.15) is 5.75 Å². The van der Waals surface area contributed by atoms with Gasteiger partial charge in [-0.2, -0.15) is 0 Å². The van der Waals surface area contributed by atoms with Gasteiger partial charge in [-0.15, -0.1) is 12.4 Å². The number of unbranched alkanes of at least 4 members (excludes halogenated alkanes) is 2. The van der Waals surface area contributed by atoms with E-state index >= 15 is 0 Å². The van der Waals surface area contributed by atoms with Gasteiger partial charge in [-0.1, -0.05) is 26.7 Å². The van der Waals surface area contributed by atoms with Gasteiger partial charge in [0, 0.05) is 12.6 Å². The number of nitrogens with one attached hydrogen (secondary N) is 1. The van der Waals surface area contributed by atoms with E-state index in [0.29, 0.717) is 13.0 Å². The molecule has 5 nitrogen and oxygen atoms in total. The normalized spacial score (nSPS) is 16.1. The Morgan fingerprint density at radius 2 is 1.77 bits per heavy atom. The van der Waals surface area contributed by atoms with Crippen LogP contribution in [0, 0.1) is 0 Å². The molecule has 1 fully saturated rings. The lowest BCUT2D eigenvalue weighted by Gasteiger charge is -2.34. The molecule has 0 radical (unpaired) electrons. The van der Waals surface area contributed by atoms with Gasteiger partial charge in [0.2, 0.25) is 5.91 Å². The monoisotopic (exact) mass is 354 g/mol.